The highest BCUT2D eigenvalue weighted by Gasteiger charge is 2.27. The number of carbonyl (C=O) groups excluding carboxylic acids is 1. The summed E-state index contributed by atoms with van der Waals surface area (Å²) in [5.74, 6) is 0.644. The van der Waals surface area contributed by atoms with Crippen molar-refractivity contribution in [1.29, 1.82) is 0 Å². The average Bonchev–Trinajstić information content (AvgIpc) is 2.62. The zero-order valence-corrected chi connectivity index (χ0v) is 9.35. The molecule has 3 nitrogen and oxygen atoms in total. The molecule has 14 heavy (non-hydrogen) atoms. The topological polar surface area (TPSA) is 38.3 Å². The van der Waals surface area contributed by atoms with Crippen LogP contribution >= 0.6 is 11.6 Å². The molecular weight excluding hydrogens is 202 g/mol. The highest BCUT2D eigenvalue weighted by Crippen LogP contribution is 2.21. The SMILES string of the molecule is COC1CCCC1NC(=O)CCCCl. The molecule has 1 aliphatic carbocycles. The van der Waals surface area contributed by atoms with Crippen LogP contribution in [0.15, 0.2) is 0 Å². The summed E-state index contributed by atoms with van der Waals surface area (Å²) >= 11 is 5.51. The number of nitrogens with one attached hydrogen (secondary N) is 1. The molecule has 1 rings (SSSR count). The molecule has 2 atom stereocenters. The number of carbonyl (C=O) groups is 1. The van der Waals surface area contributed by atoms with Crippen LogP contribution in [0, 0.1) is 0 Å². The first-order valence-electron chi connectivity index (χ1n) is 5.16. The molecule has 82 valence electrons. The number of hydrogen-bond acceptors (Lipinski definition) is 2. The lowest BCUT2D eigenvalue weighted by molar-refractivity contribution is -0.122. The number of rotatable bonds is 5. The number of amides is 1. The van der Waals surface area contributed by atoms with Gasteiger partial charge in [-0.05, 0) is 25.7 Å². The van der Waals surface area contributed by atoms with Crippen molar-refractivity contribution in [3.05, 3.63) is 0 Å². The zero-order chi connectivity index (χ0) is 10.4. The van der Waals surface area contributed by atoms with Gasteiger partial charge in [0, 0.05) is 19.4 Å². The summed E-state index contributed by atoms with van der Waals surface area (Å²) in [6.07, 6.45) is 4.70. The third kappa shape index (κ3) is 3.46. The second-order valence-corrected chi connectivity index (χ2v) is 4.05. The summed E-state index contributed by atoms with van der Waals surface area (Å²) in [7, 11) is 1.70. The quantitative estimate of drug-likeness (QED) is 0.715. The Labute approximate surface area is 90.1 Å². The van der Waals surface area contributed by atoms with Crippen molar-refractivity contribution in [3.63, 3.8) is 0 Å². The Balaban J connectivity index is 2.25. The number of ether oxygens (including phenoxy) is 1. The molecule has 1 fully saturated rings. The number of halogens is 1. The van der Waals surface area contributed by atoms with Gasteiger partial charge in [-0.2, -0.15) is 0 Å². The molecule has 1 saturated carbocycles. The number of alkyl halides is 1. The van der Waals surface area contributed by atoms with E-state index in [0.717, 1.165) is 25.7 Å². The highest BCUT2D eigenvalue weighted by atomic mass is 35.5. The largest absolute Gasteiger partial charge is 0.379 e. The maximum absolute atomic E-state index is 11.4. The summed E-state index contributed by atoms with van der Waals surface area (Å²) in [5, 5.41) is 2.99. The molecule has 0 aromatic heterocycles. The molecule has 0 aliphatic heterocycles. The summed E-state index contributed by atoms with van der Waals surface area (Å²) in [6, 6.07) is 0.211. The molecule has 0 radical (unpaired) electrons. The second kappa shape index (κ2) is 6.25. The van der Waals surface area contributed by atoms with E-state index >= 15 is 0 Å². The Bertz CT molecular complexity index is 187. The Morgan fingerprint density at radius 1 is 1.57 bits per heavy atom. The summed E-state index contributed by atoms with van der Waals surface area (Å²) < 4.78 is 5.29. The number of hydrogen-bond donors (Lipinski definition) is 1. The van der Waals surface area contributed by atoms with Crippen LogP contribution in [0.4, 0.5) is 0 Å². The molecule has 0 aromatic rings. The minimum absolute atomic E-state index is 0.0969. The van der Waals surface area contributed by atoms with Gasteiger partial charge in [0.2, 0.25) is 5.91 Å². The van der Waals surface area contributed by atoms with Gasteiger partial charge in [-0.25, -0.2) is 0 Å². The van der Waals surface area contributed by atoms with Crippen molar-refractivity contribution in [2.75, 3.05) is 13.0 Å². The third-order valence-electron chi connectivity index (χ3n) is 2.64. The summed E-state index contributed by atoms with van der Waals surface area (Å²) in [4.78, 5) is 11.4. The van der Waals surface area contributed by atoms with Gasteiger partial charge in [-0.3, -0.25) is 4.79 Å². The normalized spacial score (nSPS) is 26.4. The molecular formula is C10H18ClNO2. The van der Waals surface area contributed by atoms with E-state index in [0.29, 0.717) is 12.3 Å². The number of methoxy groups -OCH3 is 1. The van der Waals surface area contributed by atoms with Crippen LogP contribution in [0.25, 0.3) is 0 Å². The van der Waals surface area contributed by atoms with E-state index in [-0.39, 0.29) is 18.1 Å². The summed E-state index contributed by atoms with van der Waals surface area (Å²) in [5.41, 5.74) is 0. The highest BCUT2D eigenvalue weighted by molar-refractivity contribution is 6.17. The molecule has 1 aliphatic rings. The van der Waals surface area contributed by atoms with Crippen LogP contribution in [-0.2, 0) is 9.53 Å². The fraction of sp³-hybridized carbons (Fsp3) is 0.900. The van der Waals surface area contributed by atoms with E-state index in [1.807, 2.05) is 0 Å². The molecule has 2 unspecified atom stereocenters. The van der Waals surface area contributed by atoms with Gasteiger partial charge in [-0.1, -0.05) is 0 Å². The standard InChI is InChI=1S/C10H18ClNO2/c1-14-9-5-2-4-8(9)12-10(13)6-3-7-11/h8-9H,2-7H2,1H3,(H,12,13). The molecule has 1 amide bonds. The van der Waals surface area contributed by atoms with Crippen molar-refractivity contribution >= 4 is 17.5 Å². The van der Waals surface area contributed by atoms with Crippen LogP contribution in [0.2, 0.25) is 0 Å². The van der Waals surface area contributed by atoms with Crippen LogP contribution in [-0.4, -0.2) is 31.0 Å². The van der Waals surface area contributed by atoms with Crippen molar-refractivity contribution in [3.8, 4) is 0 Å². The predicted octanol–water partition coefficient (Wildman–Crippen LogP) is 1.69. The van der Waals surface area contributed by atoms with E-state index in [1.165, 1.54) is 0 Å². The monoisotopic (exact) mass is 219 g/mol. The van der Waals surface area contributed by atoms with Gasteiger partial charge in [0.25, 0.3) is 0 Å². The van der Waals surface area contributed by atoms with Crippen molar-refractivity contribution in [2.24, 2.45) is 0 Å². The Morgan fingerprint density at radius 3 is 3.00 bits per heavy atom. The first-order valence-corrected chi connectivity index (χ1v) is 5.69. The van der Waals surface area contributed by atoms with Crippen LogP contribution in [0.5, 0.6) is 0 Å². The van der Waals surface area contributed by atoms with E-state index in [9.17, 15) is 4.79 Å². The van der Waals surface area contributed by atoms with E-state index < -0.39 is 0 Å². The predicted molar refractivity (Wildman–Crippen MR) is 56.5 cm³/mol. The molecule has 0 saturated heterocycles. The lowest BCUT2D eigenvalue weighted by Gasteiger charge is -2.19. The molecule has 0 bridgehead atoms. The van der Waals surface area contributed by atoms with Gasteiger partial charge in [0.05, 0.1) is 12.1 Å². The van der Waals surface area contributed by atoms with Gasteiger partial charge < -0.3 is 10.1 Å². The fourth-order valence-corrected chi connectivity index (χ4v) is 2.01. The summed E-state index contributed by atoms with van der Waals surface area (Å²) in [6.45, 7) is 0. The Kier molecular flexibility index (Phi) is 5.26. The van der Waals surface area contributed by atoms with Gasteiger partial charge in [0.1, 0.15) is 0 Å². The van der Waals surface area contributed by atoms with Crippen molar-refractivity contribution < 1.29 is 9.53 Å². The third-order valence-corrected chi connectivity index (χ3v) is 2.91. The van der Waals surface area contributed by atoms with Gasteiger partial charge in [0.15, 0.2) is 0 Å². The molecule has 0 heterocycles. The van der Waals surface area contributed by atoms with E-state index in [1.54, 1.807) is 7.11 Å². The van der Waals surface area contributed by atoms with Crippen molar-refractivity contribution in [1.82, 2.24) is 5.32 Å². The molecule has 0 spiro atoms. The fourth-order valence-electron chi connectivity index (χ4n) is 1.88. The van der Waals surface area contributed by atoms with Crippen LogP contribution < -0.4 is 5.32 Å². The van der Waals surface area contributed by atoms with Crippen LogP contribution in [0.1, 0.15) is 32.1 Å². The van der Waals surface area contributed by atoms with E-state index in [2.05, 4.69) is 5.32 Å². The van der Waals surface area contributed by atoms with Crippen molar-refractivity contribution in [2.45, 2.75) is 44.2 Å². The average molecular weight is 220 g/mol. The van der Waals surface area contributed by atoms with Crippen LogP contribution in [0.3, 0.4) is 0 Å². The zero-order valence-electron chi connectivity index (χ0n) is 8.59. The maximum Gasteiger partial charge on any atom is 0.220 e. The molecule has 0 aromatic carbocycles. The Hall–Kier alpha value is -0.280. The van der Waals surface area contributed by atoms with Gasteiger partial charge in [-0.15, -0.1) is 11.6 Å². The lowest BCUT2D eigenvalue weighted by atomic mass is 10.2. The first kappa shape index (κ1) is 11.8. The Morgan fingerprint density at radius 2 is 2.36 bits per heavy atom. The maximum atomic E-state index is 11.4. The first-order chi connectivity index (χ1) is 6.77. The minimum Gasteiger partial charge on any atom is -0.379 e. The second-order valence-electron chi connectivity index (χ2n) is 3.67. The van der Waals surface area contributed by atoms with E-state index in [4.69, 9.17) is 16.3 Å². The van der Waals surface area contributed by atoms with Gasteiger partial charge >= 0.3 is 0 Å². The lowest BCUT2D eigenvalue weighted by Crippen LogP contribution is -2.40. The molecule has 4 heteroatoms. The molecule has 1 N–H and O–H groups in total. The smallest absolute Gasteiger partial charge is 0.220 e. The minimum atomic E-state index is 0.0969.